The summed E-state index contributed by atoms with van der Waals surface area (Å²) in [7, 11) is 0. The van der Waals surface area contributed by atoms with Crippen LogP contribution in [0.5, 0.6) is 0 Å². The molecule has 0 saturated carbocycles. The maximum Gasteiger partial charge on any atom is 0.315 e. The van der Waals surface area contributed by atoms with Gasteiger partial charge in [0.05, 0.1) is 6.42 Å². The fraction of sp³-hybridized carbons (Fsp3) is 0.250. The van der Waals surface area contributed by atoms with E-state index < -0.39 is 11.9 Å². The quantitative estimate of drug-likeness (QED) is 0.737. The molecule has 0 amide bonds. The van der Waals surface area contributed by atoms with Gasteiger partial charge < -0.3 is 10.2 Å². The van der Waals surface area contributed by atoms with Gasteiger partial charge in [-0.25, -0.2) is 0 Å². The van der Waals surface area contributed by atoms with E-state index in [0.717, 1.165) is 5.54 Å². The molecule has 0 radical (unpaired) electrons. The van der Waals surface area contributed by atoms with Crippen LogP contribution in [-0.4, -0.2) is 22.2 Å². The fourth-order valence-corrected chi connectivity index (χ4v) is 0.462. The Balaban J connectivity index is 0. The number of rotatable bonds is 3. The first-order chi connectivity index (χ1) is 6.43. The number of hydrogen-bond acceptors (Lipinski definition) is 2. The number of carbonyl (C=O) groups is 2. The Morgan fingerprint density at radius 1 is 1.36 bits per heavy atom. The van der Waals surface area contributed by atoms with Crippen LogP contribution >= 0.6 is 23.2 Å². The van der Waals surface area contributed by atoms with Crippen molar-refractivity contribution in [2.75, 3.05) is 0 Å². The Hall–Kier alpha value is -1.18. The molecule has 0 fully saturated rings. The second-order valence-electron chi connectivity index (χ2n) is 1.90. The van der Waals surface area contributed by atoms with Gasteiger partial charge in [0.25, 0.3) is 0 Å². The monoisotopic (exact) mass is 238 g/mol. The van der Waals surface area contributed by atoms with Gasteiger partial charge in [0.1, 0.15) is 6.42 Å². The second kappa shape index (κ2) is 9.90. The van der Waals surface area contributed by atoms with Crippen molar-refractivity contribution >= 4 is 35.1 Å². The normalized spacial score (nSPS) is 9.36. The molecular formula is C8H8Cl2O4. The zero-order valence-electron chi connectivity index (χ0n) is 7.04. The maximum absolute atomic E-state index is 9.78. The van der Waals surface area contributed by atoms with E-state index in [2.05, 4.69) is 6.42 Å². The lowest BCUT2D eigenvalue weighted by atomic mass is 10.4. The molecule has 0 heterocycles. The summed E-state index contributed by atoms with van der Waals surface area (Å²) in [5.41, 5.74) is 1.04. The first kappa shape index (κ1) is 15.3. The molecule has 0 spiro atoms. The molecule has 0 aliphatic carbocycles. The fourth-order valence-electron chi connectivity index (χ4n) is 0.270. The molecular weight excluding hydrogens is 231 g/mol. The minimum atomic E-state index is -0.980. The highest BCUT2D eigenvalue weighted by molar-refractivity contribution is 6.37. The number of hydrogen-bond donors (Lipinski definition) is 2. The average molecular weight is 239 g/mol. The van der Waals surface area contributed by atoms with E-state index >= 15 is 0 Å². The molecule has 0 aromatic carbocycles. The third kappa shape index (κ3) is 17.1. The smallest absolute Gasteiger partial charge is 0.315 e. The van der Waals surface area contributed by atoms with Crippen molar-refractivity contribution in [3.8, 4) is 12.3 Å². The topological polar surface area (TPSA) is 74.6 Å². The molecule has 0 rings (SSSR count). The Morgan fingerprint density at radius 3 is 1.93 bits per heavy atom. The van der Waals surface area contributed by atoms with Crippen LogP contribution in [0.3, 0.4) is 0 Å². The molecule has 0 saturated heterocycles. The van der Waals surface area contributed by atoms with Crippen LogP contribution in [0.15, 0.2) is 10.6 Å². The maximum atomic E-state index is 9.78. The van der Waals surface area contributed by atoms with Crippen molar-refractivity contribution in [2.45, 2.75) is 12.8 Å². The SMILES string of the molecule is C#CCC(=O)O.O=C(O)C/C(Cl)=C/Cl. The predicted octanol–water partition coefficient (Wildman–Crippen LogP) is 1.87. The lowest BCUT2D eigenvalue weighted by Gasteiger charge is -1.86. The summed E-state index contributed by atoms with van der Waals surface area (Å²) >= 11 is 10.2. The summed E-state index contributed by atoms with van der Waals surface area (Å²) in [5.74, 6) is 0.0411. The molecule has 0 aromatic heterocycles. The van der Waals surface area contributed by atoms with E-state index in [1.807, 2.05) is 5.92 Å². The minimum Gasteiger partial charge on any atom is -0.481 e. The first-order valence-electron chi connectivity index (χ1n) is 3.25. The number of aliphatic carboxylic acids is 2. The molecule has 4 nitrogen and oxygen atoms in total. The number of carboxylic acid groups (broad SMARTS) is 2. The van der Waals surface area contributed by atoms with E-state index in [4.69, 9.17) is 33.4 Å². The van der Waals surface area contributed by atoms with Gasteiger partial charge in [-0.2, -0.15) is 0 Å². The van der Waals surface area contributed by atoms with Gasteiger partial charge in [-0.15, -0.1) is 6.42 Å². The van der Waals surface area contributed by atoms with Crippen LogP contribution in [0.2, 0.25) is 0 Å². The second-order valence-corrected chi connectivity index (χ2v) is 2.60. The van der Waals surface area contributed by atoms with Crippen molar-refractivity contribution < 1.29 is 19.8 Å². The minimum absolute atomic E-state index is 0.138. The van der Waals surface area contributed by atoms with Crippen LogP contribution in [-0.2, 0) is 9.59 Å². The molecule has 0 aliphatic heterocycles. The standard InChI is InChI=1S/C4H4Cl2O2.C4H4O2/c5-2-3(6)1-4(7)8;1-2-3-4(5)6/h2H,1H2,(H,7,8);1H,3H2,(H,5,6)/b3-2-;. The van der Waals surface area contributed by atoms with Gasteiger partial charge >= 0.3 is 11.9 Å². The van der Waals surface area contributed by atoms with Gasteiger partial charge in [-0.1, -0.05) is 29.1 Å². The van der Waals surface area contributed by atoms with Crippen LogP contribution in [0, 0.1) is 12.3 Å². The molecule has 14 heavy (non-hydrogen) atoms. The van der Waals surface area contributed by atoms with Crippen molar-refractivity contribution in [2.24, 2.45) is 0 Å². The highest BCUT2D eigenvalue weighted by atomic mass is 35.5. The van der Waals surface area contributed by atoms with Crippen LogP contribution < -0.4 is 0 Å². The average Bonchev–Trinajstić information content (AvgIpc) is 2.03. The van der Waals surface area contributed by atoms with E-state index in [9.17, 15) is 9.59 Å². The third-order valence-electron chi connectivity index (χ3n) is 0.692. The first-order valence-corrected chi connectivity index (χ1v) is 4.07. The number of carboxylic acids is 2. The lowest BCUT2D eigenvalue weighted by molar-refractivity contribution is -0.137. The van der Waals surface area contributed by atoms with E-state index in [-0.39, 0.29) is 17.9 Å². The molecule has 0 unspecified atom stereocenters. The highest BCUT2D eigenvalue weighted by Gasteiger charge is 1.97. The Labute approximate surface area is 91.1 Å². The van der Waals surface area contributed by atoms with Gasteiger partial charge in [0.15, 0.2) is 0 Å². The van der Waals surface area contributed by atoms with Gasteiger partial charge in [0, 0.05) is 10.6 Å². The van der Waals surface area contributed by atoms with Crippen molar-refractivity contribution in [3.05, 3.63) is 10.6 Å². The van der Waals surface area contributed by atoms with E-state index in [1.54, 1.807) is 0 Å². The summed E-state index contributed by atoms with van der Waals surface area (Å²) in [5, 5.41) is 15.9. The van der Waals surface area contributed by atoms with Gasteiger partial charge in [0.2, 0.25) is 0 Å². The van der Waals surface area contributed by atoms with E-state index in [0.29, 0.717) is 0 Å². The van der Waals surface area contributed by atoms with Crippen molar-refractivity contribution in [3.63, 3.8) is 0 Å². The molecule has 6 heteroatoms. The lowest BCUT2D eigenvalue weighted by Crippen LogP contribution is -1.92. The summed E-state index contributed by atoms with van der Waals surface area (Å²) in [6, 6.07) is 0. The van der Waals surface area contributed by atoms with Gasteiger partial charge in [-0.05, 0) is 0 Å². The number of halogens is 2. The summed E-state index contributed by atoms with van der Waals surface area (Å²) in [6.07, 6.45) is 4.21. The molecule has 0 atom stereocenters. The molecule has 78 valence electrons. The number of terminal acetylenes is 1. The van der Waals surface area contributed by atoms with Crippen molar-refractivity contribution in [1.29, 1.82) is 0 Å². The van der Waals surface area contributed by atoms with Crippen LogP contribution in [0.25, 0.3) is 0 Å². The molecule has 0 aliphatic rings. The predicted molar refractivity (Wildman–Crippen MR) is 53.1 cm³/mol. The Morgan fingerprint density at radius 2 is 1.86 bits per heavy atom. The van der Waals surface area contributed by atoms with Crippen LogP contribution in [0.4, 0.5) is 0 Å². The van der Waals surface area contributed by atoms with Crippen LogP contribution in [0.1, 0.15) is 12.8 Å². The zero-order valence-corrected chi connectivity index (χ0v) is 8.55. The molecule has 0 bridgehead atoms. The summed E-state index contributed by atoms with van der Waals surface area (Å²) in [4.78, 5) is 19.2. The highest BCUT2D eigenvalue weighted by Crippen LogP contribution is 2.07. The Bertz CT molecular complexity index is 265. The summed E-state index contributed by atoms with van der Waals surface area (Å²) < 4.78 is 0. The molecule has 2 N–H and O–H groups in total. The van der Waals surface area contributed by atoms with E-state index in [1.165, 1.54) is 0 Å². The Kier molecular flexibility index (Phi) is 10.8. The molecule has 0 aromatic rings. The zero-order chi connectivity index (χ0) is 11.6. The summed E-state index contributed by atoms with van der Waals surface area (Å²) in [6.45, 7) is 0. The largest absolute Gasteiger partial charge is 0.481 e. The third-order valence-corrected chi connectivity index (χ3v) is 1.31. The van der Waals surface area contributed by atoms with Gasteiger partial charge in [-0.3, -0.25) is 9.59 Å². The van der Waals surface area contributed by atoms with Crippen molar-refractivity contribution in [1.82, 2.24) is 0 Å².